The smallest absolute Gasteiger partial charge is 0.247 e. The Balaban J connectivity index is 1.35. The molecule has 34 heavy (non-hydrogen) atoms. The molecule has 2 saturated heterocycles. The number of benzene rings is 3. The molecule has 4 amide bonds. The molecule has 3 aromatic rings. The topological polar surface area (TPSA) is 74.8 Å². The third-order valence-corrected chi connectivity index (χ3v) is 7.99. The Morgan fingerprint density at radius 1 is 0.559 bits per heavy atom. The van der Waals surface area contributed by atoms with Crippen LogP contribution < -0.4 is 9.80 Å². The zero-order valence-corrected chi connectivity index (χ0v) is 19.6. The maximum Gasteiger partial charge on any atom is 0.247 e. The fourth-order valence-corrected chi connectivity index (χ4v) is 6.18. The molecule has 0 N–H and O–H groups in total. The van der Waals surface area contributed by atoms with Crippen LogP contribution in [0.2, 0.25) is 0 Å². The molecule has 8 heteroatoms. The lowest BCUT2D eigenvalue weighted by atomic mass is 10.2. The van der Waals surface area contributed by atoms with Crippen molar-refractivity contribution in [2.24, 2.45) is 0 Å². The molecule has 0 saturated carbocycles. The molecule has 0 spiro atoms. The van der Waals surface area contributed by atoms with E-state index in [9.17, 15) is 19.2 Å². The van der Waals surface area contributed by atoms with E-state index in [1.807, 2.05) is 60.7 Å². The molecule has 3 aromatic carbocycles. The molecule has 0 radical (unpaired) electrons. The van der Waals surface area contributed by atoms with Crippen molar-refractivity contribution >= 4 is 58.5 Å². The van der Waals surface area contributed by atoms with Gasteiger partial charge in [-0.2, -0.15) is 0 Å². The maximum absolute atomic E-state index is 13.1. The minimum Gasteiger partial charge on any atom is -0.274 e. The van der Waals surface area contributed by atoms with Crippen LogP contribution in [0.5, 0.6) is 0 Å². The summed E-state index contributed by atoms with van der Waals surface area (Å²) in [7, 11) is 0. The van der Waals surface area contributed by atoms with Gasteiger partial charge in [-0.1, -0.05) is 42.5 Å². The van der Waals surface area contributed by atoms with Crippen molar-refractivity contribution in [1.82, 2.24) is 0 Å². The Morgan fingerprint density at radius 2 is 0.971 bits per heavy atom. The molecular formula is C26H20N2O4S2. The molecular weight excluding hydrogens is 468 g/mol. The van der Waals surface area contributed by atoms with Crippen molar-refractivity contribution < 1.29 is 19.2 Å². The van der Waals surface area contributed by atoms with E-state index in [-0.39, 0.29) is 36.5 Å². The van der Waals surface area contributed by atoms with E-state index in [2.05, 4.69) is 0 Å². The predicted molar refractivity (Wildman–Crippen MR) is 133 cm³/mol. The molecule has 2 fully saturated rings. The molecule has 6 nitrogen and oxygen atoms in total. The first-order valence-corrected chi connectivity index (χ1v) is 12.5. The van der Waals surface area contributed by atoms with Gasteiger partial charge in [-0.25, -0.2) is 9.80 Å². The number of carbonyl (C=O) groups is 4. The summed E-state index contributed by atoms with van der Waals surface area (Å²) in [6.45, 7) is 0. The number of amides is 4. The minimum absolute atomic E-state index is 0.0972. The number of carbonyl (C=O) groups excluding carboxylic acids is 4. The number of nitrogens with zero attached hydrogens (tertiary/aromatic N) is 2. The highest BCUT2D eigenvalue weighted by Crippen LogP contribution is 2.37. The average molecular weight is 489 g/mol. The fraction of sp³-hybridized carbons (Fsp3) is 0.154. The van der Waals surface area contributed by atoms with E-state index in [4.69, 9.17) is 0 Å². The normalized spacial score (nSPS) is 20.5. The summed E-state index contributed by atoms with van der Waals surface area (Å²) in [5.41, 5.74) is 0.729. The number of imide groups is 2. The monoisotopic (exact) mass is 488 g/mol. The highest BCUT2D eigenvalue weighted by Gasteiger charge is 2.42. The second-order valence-electron chi connectivity index (χ2n) is 7.90. The molecule has 2 aliphatic rings. The third kappa shape index (κ3) is 4.38. The SMILES string of the molecule is O=C1C[C@@H](Sc2ccccc2)C(=O)N1c1cccc(N2C(=O)C[C@@H](Sc3ccccc3)C2=O)c1. The molecule has 170 valence electrons. The van der Waals surface area contributed by atoms with Gasteiger partial charge in [0.2, 0.25) is 23.6 Å². The Hall–Kier alpha value is -3.36. The summed E-state index contributed by atoms with van der Waals surface area (Å²) < 4.78 is 0. The Morgan fingerprint density at radius 3 is 1.38 bits per heavy atom. The lowest BCUT2D eigenvalue weighted by molar-refractivity contribution is -0.122. The van der Waals surface area contributed by atoms with Gasteiger partial charge in [0.15, 0.2) is 0 Å². The van der Waals surface area contributed by atoms with Crippen LogP contribution >= 0.6 is 23.5 Å². The van der Waals surface area contributed by atoms with Gasteiger partial charge in [0.1, 0.15) is 0 Å². The molecule has 0 aromatic heterocycles. The molecule has 5 rings (SSSR count). The zero-order valence-electron chi connectivity index (χ0n) is 18.0. The van der Waals surface area contributed by atoms with Crippen molar-refractivity contribution in [2.75, 3.05) is 9.80 Å². The standard InChI is InChI=1S/C26H20N2O4S2/c29-23-15-21(33-19-10-3-1-4-11-19)25(31)27(23)17-8-7-9-18(14-17)28-24(30)16-22(26(28)32)34-20-12-5-2-6-13-20/h1-14,21-22H,15-16H2/t21-,22-/m1/s1. The van der Waals surface area contributed by atoms with Crippen LogP contribution in [0.1, 0.15) is 12.8 Å². The Labute approximate surface area is 205 Å². The largest absolute Gasteiger partial charge is 0.274 e. The summed E-state index contributed by atoms with van der Waals surface area (Å²) in [5.74, 6) is -1.19. The molecule has 0 bridgehead atoms. The van der Waals surface area contributed by atoms with E-state index in [1.165, 1.54) is 23.5 Å². The number of hydrogen-bond acceptors (Lipinski definition) is 6. The summed E-state index contributed by atoms with van der Waals surface area (Å²) in [4.78, 5) is 55.8. The van der Waals surface area contributed by atoms with Crippen LogP contribution in [0, 0.1) is 0 Å². The van der Waals surface area contributed by atoms with Crippen molar-refractivity contribution in [3.05, 3.63) is 84.9 Å². The predicted octanol–water partition coefficient (Wildman–Crippen LogP) is 4.54. The van der Waals surface area contributed by atoms with E-state index in [1.54, 1.807) is 24.3 Å². The van der Waals surface area contributed by atoms with E-state index >= 15 is 0 Å². The molecule has 2 aliphatic heterocycles. The summed E-state index contributed by atoms with van der Waals surface area (Å²) in [5, 5.41) is -1.03. The highest BCUT2D eigenvalue weighted by molar-refractivity contribution is 8.01. The van der Waals surface area contributed by atoms with Gasteiger partial charge in [0.05, 0.1) is 21.9 Å². The van der Waals surface area contributed by atoms with Crippen LogP contribution in [0.25, 0.3) is 0 Å². The first-order valence-electron chi connectivity index (χ1n) is 10.8. The molecule has 2 heterocycles. The van der Waals surface area contributed by atoms with Crippen LogP contribution in [-0.4, -0.2) is 34.1 Å². The van der Waals surface area contributed by atoms with Gasteiger partial charge in [-0.05, 0) is 42.5 Å². The van der Waals surface area contributed by atoms with Gasteiger partial charge in [0, 0.05) is 22.6 Å². The lowest BCUT2D eigenvalue weighted by Gasteiger charge is -2.19. The van der Waals surface area contributed by atoms with E-state index in [0.717, 1.165) is 19.6 Å². The van der Waals surface area contributed by atoms with Crippen LogP contribution in [0.3, 0.4) is 0 Å². The lowest BCUT2D eigenvalue weighted by Crippen LogP contribution is -2.33. The first kappa shape index (κ1) is 22.4. The van der Waals surface area contributed by atoms with Crippen molar-refractivity contribution in [2.45, 2.75) is 33.1 Å². The van der Waals surface area contributed by atoms with E-state index < -0.39 is 10.5 Å². The van der Waals surface area contributed by atoms with Crippen molar-refractivity contribution in [3.63, 3.8) is 0 Å². The van der Waals surface area contributed by atoms with Gasteiger partial charge >= 0.3 is 0 Å². The second kappa shape index (κ2) is 9.48. The van der Waals surface area contributed by atoms with Gasteiger partial charge in [-0.15, -0.1) is 23.5 Å². The fourth-order valence-electron chi connectivity index (χ4n) is 4.03. The van der Waals surface area contributed by atoms with Crippen LogP contribution in [0.15, 0.2) is 94.7 Å². The summed E-state index contributed by atoms with van der Waals surface area (Å²) >= 11 is 2.72. The first-order chi connectivity index (χ1) is 16.5. The van der Waals surface area contributed by atoms with Crippen LogP contribution in [-0.2, 0) is 19.2 Å². The van der Waals surface area contributed by atoms with Gasteiger partial charge in [-0.3, -0.25) is 19.2 Å². The quantitative estimate of drug-likeness (QED) is 0.475. The van der Waals surface area contributed by atoms with Crippen molar-refractivity contribution in [1.29, 1.82) is 0 Å². The van der Waals surface area contributed by atoms with Gasteiger partial charge < -0.3 is 0 Å². The Kier molecular flexibility index (Phi) is 6.26. The summed E-state index contributed by atoms with van der Waals surface area (Å²) in [6, 6.07) is 25.5. The average Bonchev–Trinajstić information content (AvgIpc) is 3.28. The number of anilines is 2. The minimum atomic E-state index is -0.514. The number of thioether (sulfide) groups is 2. The maximum atomic E-state index is 13.1. The highest BCUT2D eigenvalue weighted by atomic mass is 32.2. The van der Waals surface area contributed by atoms with Crippen molar-refractivity contribution in [3.8, 4) is 0 Å². The van der Waals surface area contributed by atoms with Gasteiger partial charge in [0.25, 0.3) is 0 Å². The molecule has 0 unspecified atom stereocenters. The zero-order chi connectivity index (χ0) is 23.7. The Bertz CT molecular complexity index is 1170. The number of rotatable bonds is 6. The second-order valence-corrected chi connectivity index (χ2v) is 10.5. The van der Waals surface area contributed by atoms with E-state index in [0.29, 0.717) is 11.4 Å². The molecule has 0 aliphatic carbocycles. The molecule has 2 atom stereocenters. The summed E-state index contributed by atoms with van der Waals surface area (Å²) in [6.07, 6.45) is 0.194. The van der Waals surface area contributed by atoms with Crippen LogP contribution in [0.4, 0.5) is 11.4 Å². The third-order valence-electron chi connectivity index (χ3n) is 5.60. The number of hydrogen-bond donors (Lipinski definition) is 0.